The predicted molar refractivity (Wildman–Crippen MR) is 76.7 cm³/mol. The Morgan fingerprint density at radius 2 is 2.00 bits per heavy atom. The fourth-order valence-electron chi connectivity index (χ4n) is 1.88. The van der Waals surface area contributed by atoms with E-state index < -0.39 is 0 Å². The number of benzene rings is 1. The predicted octanol–water partition coefficient (Wildman–Crippen LogP) is 2.92. The SMILES string of the molecule is Cc1ccc(CC(=O)OCc2nnc(-c3ccco3)o2)cc1. The minimum Gasteiger partial charge on any atom is -0.459 e. The quantitative estimate of drug-likeness (QED) is 0.674. The summed E-state index contributed by atoms with van der Waals surface area (Å²) in [6.07, 6.45) is 1.72. The van der Waals surface area contributed by atoms with Crippen molar-refractivity contribution in [2.75, 3.05) is 0 Å². The lowest BCUT2D eigenvalue weighted by Crippen LogP contribution is -2.08. The molecular formula is C16H14N2O4. The molecule has 0 fully saturated rings. The number of carbonyl (C=O) groups is 1. The Labute approximate surface area is 126 Å². The van der Waals surface area contributed by atoms with Crippen molar-refractivity contribution in [3.63, 3.8) is 0 Å². The Bertz CT molecular complexity index is 745. The zero-order valence-electron chi connectivity index (χ0n) is 12.0. The van der Waals surface area contributed by atoms with E-state index in [9.17, 15) is 4.79 Å². The zero-order valence-corrected chi connectivity index (χ0v) is 12.0. The van der Waals surface area contributed by atoms with Gasteiger partial charge in [-0.15, -0.1) is 10.2 Å². The molecule has 0 aliphatic rings. The van der Waals surface area contributed by atoms with Crippen molar-refractivity contribution in [1.82, 2.24) is 10.2 Å². The molecule has 0 bridgehead atoms. The number of ether oxygens (including phenoxy) is 1. The smallest absolute Gasteiger partial charge is 0.310 e. The van der Waals surface area contributed by atoms with Crippen LogP contribution in [0.5, 0.6) is 0 Å². The normalized spacial score (nSPS) is 10.6. The van der Waals surface area contributed by atoms with Crippen LogP contribution >= 0.6 is 0 Å². The van der Waals surface area contributed by atoms with Crippen LogP contribution in [0.3, 0.4) is 0 Å². The number of hydrogen-bond donors (Lipinski definition) is 0. The summed E-state index contributed by atoms with van der Waals surface area (Å²) in [5.74, 6) is 0.615. The monoisotopic (exact) mass is 298 g/mol. The van der Waals surface area contributed by atoms with Gasteiger partial charge in [-0.25, -0.2) is 0 Å². The molecule has 3 rings (SSSR count). The second-order valence-corrected chi connectivity index (χ2v) is 4.80. The first-order valence-corrected chi connectivity index (χ1v) is 6.78. The van der Waals surface area contributed by atoms with Gasteiger partial charge in [-0.05, 0) is 24.6 Å². The minimum absolute atomic E-state index is 0.0571. The number of esters is 1. The highest BCUT2D eigenvalue weighted by molar-refractivity contribution is 5.72. The molecule has 0 aliphatic heterocycles. The number of rotatable bonds is 5. The summed E-state index contributed by atoms with van der Waals surface area (Å²) >= 11 is 0. The number of furan rings is 1. The summed E-state index contributed by atoms with van der Waals surface area (Å²) in [5.41, 5.74) is 2.05. The molecule has 0 atom stereocenters. The Morgan fingerprint density at radius 3 is 2.73 bits per heavy atom. The van der Waals surface area contributed by atoms with Gasteiger partial charge < -0.3 is 13.6 Å². The summed E-state index contributed by atoms with van der Waals surface area (Å²) in [6, 6.07) is 11.1. The van der Waals surface area contributed by atoms with Crippen LogP contribution in [-0.4, -0.2) is 16.2 Å². The van der Waals surface area contributed by atoms with Crippen molar-refractivity contribution in [1.29, 1.82) is 0 Å². The first-order chi connectivity index (χ1) is 10.7. The molecule has 0 radical (unpaired) electrons. The molecular weight excluding hydrogens is 284 g/mol. The molecule has 2 aromatic heterocycles. The van der Waals surface area contributed by atoms with Crippen molar-refractivity contribution < 1.29 is 18.4 Å². The van der Waals surface area contributed by atoms with Gasteiger partial charge in [-0.2, -0.15) is 0 Å². The lowest BCUT2D eigenvalue weighted by molar-refractivity contribution is -0.144. The lowest BCUT2D eigenvalue weighted by atomic mass is 10.1. The van der Waals surface area contributed by atoms with Crippen LogP contribution in [0.2, 0.25) is 0 Å². The lowest BCUT2D eigenvalue weighted by Gasteiger charge is -2.02. The number of hydrogen-bond acceptors (Lipinski definition) is 6. The standard InChI is InChI=1S/C16H14N2O4/c1-11-4-6-12(7-5-11)9-15(19)21-10-14-17-18-16(22-14)13-3-2-8-20-13/h2-8H,9-10H2,1H3. The van der Waals surface area contributed by atoms with E-state index in [1.165, 1.54) is 6.26 Å². The van der Waals surface area contributed by atoms with Gasteiger partial charge in [-0.3, -0.25) is 4.79 Å². The van der Waals surface area contributed by atoms with E-state index in [1.807, 2.05) is 31.2 Å². The highest BCUT2D eigenvalue weighted by Gasteiger charge is 2.12. The maximum Gasteiger partial charge on any atom is 0.310 e. The molecule has 0 amide bonds. The summed E-state index contributed by atoms with van der Waals surface area (Å²) in [5, 5.41) is 7.64. The molecule has 0 N–H and O–H groups in total. The third kappa shape index (κ3) is 3.41. The van der Waals surface area contributed by atoms with Crippen LogP contribution in [0.1, 0.15) is 17.0 Å². The van der Waals surface area contributed by atoms with E-state index in [4.69, 9.17) is 13.6 Å². The number of nitrogens with zero attached hydrogens (tertiary/aromatic N) is 2. The van der Waals surface area contributed by atoms with E-state index in [2.05, 4.69) is 10.2 Å². The molecule has 0 saturated carbocycles. The van der Waals surface area contributed by atoms with Gasteiger partial charge >= 0.3 is 5.97 Å². The third-order valence-electron chi connectivity index (χ3n) is 3.02. The summed E-state index contributed by atoms with van der Waals surface area (Å²) < 4.78 is 15.6. The summed E-state index contributed by atoms with van der Waals surface area (Å²) in [7, 11) is 0. The van der Waals surface area contributed by atoms with Crippen LogP contribution < -0.4 is 0 Å². The Balaban J connectivity index is 1.54. The van der Waals surface area contributed by atoms with Gasteiger partial charge in [0.15, 0.2) is 12.4 Å². The molecule has 22 heavy (non-hydrogen) atoms. The Morgan fingerprint density at radius 1 is 1.18 bits per heavy atom. The fraction of sp³-hybridized carbons (Fsp3) is 0.188. The van der Waals surface area contributed by atoms with E-state index in [0.29, 0.717) is 5.76 Å². The van der Waals surface area contributed by atoms with Gasteiger partial charge in [0, 0.05) is 0 Å². The van der Waals surface area contributed by atoms with Crippen molar-refractivity contribution in [3.8, 4) is 11.7 Å². The fourth-order valence-corrected chi connectivity index (χ4v) is 1.88. The number of carbonyl (C=O) groups excluding carboxylic acids is 1. The molecule has 1 aromatic carbocycles. The van der Waals surface area contributed by atoms with E-state index in [1.54, 1.807) is 12.1 Å². The second-order valence-electron chi connectivity index (χ2n) is 4.80. The Hall–Kier alpha value is -2.89. The van der Waals surface area contributed by atoms with Gasteiger partial charge in [0.2, 0.25) is 0 Å². The molecule has 0 spiro atoms. The number of aromatic nitrogens is 2. The van der Waals surface area contributed by atoms with Crippen LogP contribution in [0.25, 0.3) is 11.7 Å². The topological polar surface area (TPSA) is 78.4 Å². The van der Waals surface area contributed by atoms with Crippen molar-refractivity contribution in [3.05, 3.63) is 59.7 Å². The highest BCUT2D eigenvalue weighted by atomic mass is 16.5. The van der Waals surface area contributed by atoms with Crippen molar-refractivity contribution in [2.24, 2.45) is 0 Å². The third-order valence-corrected chi connectivity index (χ3v) is 3.02. The molecule has 6 heteroatoms. The average Bonchev–Trinajstić information content (AvgIpc) is 3.18. The first kappa shape index (κ1) is 14.1. The summed E-state index contributed by atoms with van der Waals surface area (Å²) in [4.78, 5) is 11.8. The van der Waals surface area contributed by atoms with E-state index >= 15 is 0 Å². The average molecular weight is 298 g/mol. The summed E-state index contributed by atoms with van der Waals surface area (Å²) in [6.45, 7) is 1.94. The molecule has 112 valence electrons. The van der Waals surface area contributed by atoms with E-state index in [0.717, 1.165) is 11.1 Å². The van der Waals surface area contributed by atoms with Gasteiger partial charge in [0.05, 0.1) is 12.7 Å². The van der Waals surface area contributed by atoms with Gasteiger partial charge in [-0.1, -0.05) is 29.8 Å². The Kier molecular flexibility index (Phi) is 4.00. The first-order valence-electron chi connectivity index (χ1n) is 6.78. The molecule has 0 saturated heterocycles. The number of aryl methyl sites for hydroxylation is 1. The van der Waals surface area contributed by atoms with Crippen LogP contribution in [0, 0.1) is 6.92 Å². The molecule has 0 aliphatic carbocycles. The molecule has 2 heterocycles. The van der Waals surface area contributed by atoms with Crippen LogP contribution in [0.4, 0.5) is 0 Å². The molecule has 3 aromatic rings. The van der Waals surface area contributed by atoms with Crippen molar-refractivity contribution >= 4 is 5.97 Å². The van der Waals surface area contributed by atoms with Gasteiger partial charge in [0.1, 0.15) is 0 Å². The zero-order chi connectivity index (χ0) is 15.4. The highest BCUT2D eigenvalue weighted by Crippen LogP contribution is 2.18. The van der Waals surface area contributed by atoms with E-state index in [-0.39, 0.29) is 30.8 Å². The maximum atomic E-state index is 11.8. The molecule has 6 nitrogen and oxygen atoms in total. The second kappa shape index (κ2) is 6.26. The van der Waals surface area contributed by atoms with Crippen LogP contribution in [0.15, 0.2) is 51.5 Å². The maximum absolute atomic E-state index is 11.8. The van der Waals surface area contributed by atoms with Gasteiger partial charge in [0.25, 0.3) is 11.8 Å². The largest absolute Gasteiger partial charge is 0.459 e. The minimum atomic E-state index is -0.346. The van der Waals surface area contributed by atoms with Crippen molar-refractivity contribution in [2.45, 2.75) is 20.0 Å². The molecule has 0 unspecified atom stereocenters. The van der Waals surface area contributed by atoms with Crippen LogP contribution in [-0.2, 0) is 22.6 Å².